The summed E-state index contributed by atoms with van der Waals surface area (Å²) < 4.78 is 12.2. The van der Waals surface area contributed by atoms with Gasteiger partial charge in [0.2, 0.25) is 5.91 Å². The maximum Gasteiger partial charge on any atom is 0.239 e. The number of nitrogens with zero attached hydrogens (tertiary/aromatic N) is 2. The highest BCUT2D eigenvalue weighted by atomic mass is 32.2. The van der Waals surface area contributed by atoms with Gasteiger partial charge in [0.25, 0.3) is 0 Å². The van der Waals surface area contributed by atoms with Gasteiger partial charge in [0.05, 0.1) is 6.54 Å². The summed E-state index contributed by atoms with van der Waals surface area (Å²) in [7, 11) is 1.06. The second kappa shape index (κ2) is 10.6. The Balaban J connectivity index is 1.49. The first-order valence-corrected chi connectivity index (χ1v) is 11.9. The zero-order chi connectivity index (χ0) is 20.6. The molecule has 29 heavy (non-hydrogen) atoms. The number of aliphatic imine (C=N–C) groups is 1. The Hall–Kier alpha value is -2.09. The molecule has 7 nitrogen and oxygen atoms in total. The molecule has 2 fully saturated rings. The van der Waals surface area contributed by atoms with E-state index in [1.54, 1.807) is 7.05 Å². The average molecular weight is 420 g/mol. The monoisotopic (exact) mass is 419 g/mol. The predicted molar refractivity (Wildman–Crippen MR) is 120 cm³/mol. The first-order valence-electron chi connectivity index (χ1n) is 10.5. The van der Waals surface area contributed by atoms with Crippen molar-refractivity contribution in [1.82, 2.24) is 16.0 Å². The summed E-state index contributed by atoms with van der Waals surface area (Å²) in [6.07, 6.45) is 4.21. The molecule has 0 spiro atoms. The van der Waals surface area contributed by atoms with Crippen LogP contribution in [0.5, 0.6) is 0 Å². The van der Waals surface area contributed by atoms with E-state index in [2.05, 4.69) is 50.1 Å². The van der Waals surface area contributed by atoms with E-state index in [-0.39, 0.29) is 5.91 Å². The molecule has 1 saturated heterocycles. The highest BCUT2D eigenvalue weighted by Crippen LogP contribution is 2.23. The molecule has 3 atom stereocenters. The molecule has 1 aliphatic carbocycles. The molecule has 1 saturated carbocycles. The van der Waals surface area contributed by atoms with Crippen molar-refractivity contribution < 1.29 is 9.00 Å². The van der Waals surface area contributed by atoms with Gasteiger partial charge in [-0.25, -0.2) is 0 Å². The molecule has 160 valence electrons. The van der Waals surface area contributed by atoms with Crippen molar-refractivity contribution in [3.63, 3.8) is 0 Å². The largest absolute Gasteiger partial charge is 0.360 e. The zero-order valence-corrected chi connectivity index (χ0v) is 18.3. The van der Waals surface area contributed by atoms with E-state index in [0.717, 1.165) is 55.2 Å². The quantitative estimate of drug-likeness (QED) is 0.479. The van der Waals surface area contributed by atoms with Crippen LogP contribution in [0, 0.1) is 0 Å². The summed E-state index contributed by atoms with van der Waals surface area (Å²) >= 11 is 0. The molecular weight excluding hydrogens is 386 g/mol. The molecule has 1 aliphatic heterocycles. The van der Waals surface area contributed by atoms with Crippen molar-refractivity contribution >= 4 is 28.4 Å². The lowest BCUT2D eigenvalue weighted by Crippen LogP contribution is -2.47. The van der Waals surface area contributed by atoms with Gasteiger partial charge >= 0.3 is 0 Å². The van der Waals surface area contributed by atoms with Gasteiger partial charge in [-0.3, -0.25) is 14.0 Å². The highest BCUT2D eigenvalue weighted by Gasteiger charge is 2.26. The minimum absolute atomic E-state index is 0.0737. The normalized spacial score (nSPS) is 24.0. The van der Waals surface area contributed by atoms with Crippen LogP contribution in [0.4, 0.5) is 5.69 Å². The van der Waals surface area contributed by atoms with Crippen molar-refractivity contribution in [2.45, 2.75) is 50.4 Å². The molecule has 3 unspecified atom stereocenters. The molecule has 8 heteroatoms. The lowest BCUT2D eigenvalue weighted by atomic mass is 9.95. The van der Waals surface area contributed by atoms with Crippen molar-refractivity contribution in [1.29, 1.82) is 0 Å². The number of carbonyl (C=O) groups is 1. The van der Waals surface area contributed by atoms with Crippen LogP contribution in [-0.2, 0) is 22.1 Å². The number of guanidine groups is 1. The maximum atomic E-state index is 12.2. The SMILES string of the molecule is CCS(=O)C1CCCC(NC(=NC)NCc2ccc(N3CCNC(=O)C3)cc2)C1. The van der Waals surface area contributed by atoms with Crippen molar-refractivity contribution in [3.05, 3.63) is 29.8 Å². The fraction of sp³-hybridized carbons (Fsp3) is 0.619. The van der Waals surface area contributed by atoms with Gasteiger partial charge < -0.3 is 20.9 Å². The standard InChI is InChI=1S/C21H33N5O2S/c1-3-29(28)19-6-4-5-17(13-19)25-21(22-2)24-14-16-7-9-18(10-8-16)26-12-11-23-20(27)15-26/h7-10,17,19H,3-6,11-15H2,1-2H3,(H,23,27)(H2,22,24,25). The van der Waals surface area contributed by atoms with Gasteiger partial charge in [-0.05, 0) is 37.0 Å². The lowest BCUT2D eigenvalue weighted by molar-refractivity contribution is -0.120. The number of rotatable bonds is 6. The molecule has 0 aromatic heterocycles. The third-order valence-corrected chi connectivity index (χ3v) is 7.39. The highest BCUT2D eigenvalue weighted by molar-refractivity contribution is 7.85. The third kappa shape index (κ3) is 6.19. The Bertz CT molecular complexity index is 737. The molecule has 2 aliphatic rings. The van der Waals surface area contributed by atoms with E-state index in [9.17, 15) is 9.00 Å². The number of piperazine rings is 1. The van der Waals surface area contributed by atoms with Gasteiger partial charge in [0.1, 0.15) is 0 Å². The predicted octanol–water partition coefficient (Wildman–Crippen LogP) is 1.37. The summed E-state index contributed by atoms with van der Waals surface area (Å²) in [5.41, 5.74) is 2.23. The van der Waals surface area contributed by atoms with E-state index < -0.39 is 10.8 Å². The van der Waals surface area contributed by atoms with E-state index in [1.165, 1.54) is 0 Å². The van der Waals surface area contributed by atoms with E-state index >= 15 is 0 Å². The average Bonchev–Trinajstić information content (AvgIpc) is 2.76. The number of carbonyl (C=O) groups excluding carboxylic acids is 1. The summed E-state index contributed by atoms with van der Waals surface area (Å²) in [4.78, 5) is 18.0. The minimum Gasteiger partial charge on any atom is -0.360 e. The molecule has 3 N–H and O–H groups in total. The molecule has 3 rings (SSSR count). The Morgan fingerprint density at radius 1 is 1.31 bits per heavy atom. The van der Waals surface area contributed by atoms with Gasteiger partial charge in [-0.15, -0.1) is 0 Å². The fourth-order valence-corrected chi connectivity index (χ4v) is 5.36. The first-order chi connectivity index (χ1) is 14.1. The maximum absolute atomic E-state index is 12.2. The summed E-state index contributed by atoms with van der Waals surface area (Å²) in [5.74, 6) is 1.60. The third-order valence-electron chi connectivity index (χ3n) is 5.65. The molecule has 1 heterocycles. The van der Waals surface area contributed by atoms with Crippen LogP contribution in [-0.4, -0.2) is 59.8 Å². The van der Waals surface area contributed by atoms with Crippen LogP contribution >= 0.6 is 0 Å². The van der Waals surface area contributed by atoms with Gasteiger partial charge in [-0.2, -0.15) is 0 Å². The number of benzene rings is 1. The Morgan fingerprint density at radius 2 is 2.10 bits per heavy atom. The molecule has 1 amide bonds. The zero-order valence-electron chi connectivity index (χ0n) is 17.4. The molecule has 1 aromatic carbocycles. The number of hydrogen-bond acceptors (Lipinski definition) is 4. The van der Waals surface area contributed by atoms with Crippen LogP contribution in [0.3, 0.4) is 0 Å². The molecular formula is C21H33N5O2S. The number of amides is 1. The summed E-state index contributed by atoms with van der Waals surface area (Å²) in [6, 6.07) is 8.63. The second-order valence-corrected chi connectivity index (χ2v) is 9.67. The van der Waals surface area contributed by atoms with Crippen LogP contribution in [0.2, 0.25) is 0 Å². The fourth-order valence-electron chi connectivity index (χ4n) is 4.01. The van der Waals surface area contributed by atoms with Crippen molar-refractivity contribution in [3.8, 4) is 0 Å². The first kappa shape index (κ1) is 21.6. The molecule has 0 bridgehead atoms. The van der Waals surface area contributed by atoms with Crippen molar-refractivity contribution in [2.75, 3.05) is 37.3 Å². The second-order valence-electron chi connectivity index (χ2n) is 7.66. The smallest absolute Gasteiger partial charge is 0.239 e. The Labute approximate surface area is 176 Å². The minimum atomic E-state index is -0.721. The Morgan fingerprint density at radius 3 is 2.79 bits per heavy atom. The summed E-state index contributed by atoms with van der Waals surface area (Å²) in [5, 5.41) is 10.0. The van der Waals surface area contributed by atoms with E-state index in [4.69, 9.17) is 0 Å². The van der Waals surface area contributed by atoms with Crippen LogP contribution in [0.25, 0.3) is 0 Å². The van der Waals surface area contributed by atoms with Crippen LogP contribution in [0.15, 0.2) is 29.3 Å². The Kier molecular flexibility index (Phi) is 7.91. The van der Waals surface area contributed by atoms with Gasteiger partial charge in [-0.1, -0.05) is 25.5 Å². The van der Waals surface area contributed by atoms with Crippen LogP contribution in [0.1, 0.15) is 38.2 Å². The topological polar surface area (TPSA) is 85.8 Å². The molecule has 0 radical (unpaired) electrons. The van der Waals surface area contributed by atoms with Gasteiger partial charge in [0.15, 0.2) is 5.96 Å². The van der Waals surface area contributed by atoms with Crippen LogP contribution < -0.4 is 20.9 Å². The van der Waals surface area contributed by atoms with Gasteiger partial charge in [0, 0.05) is 60.2 Å². The molecule has 1 aromatic rings. The van der Waals surface area contributed by atoms with Crippen molar-refractivity contribution in [2.24, 2.45) is 4.99 Å². The number of nitrogens with one attached hydrogen (secondary N) is 3. The summed E-state index contributed by atoms with van der Waals surface area (Å²) in [6.45, 7) is 4.62. The number of hydrogen-bond donors (Lipinski definition) is 3. The van der Waals surface area contributed by atoms with E-state index in [1.807, 2.05) is 6.92 Å². The number of anilines is 1. The lowest BCUT2D eigenvalue weighted by Gasteiger charge is -2.30. The van der Waals surface area contributed by atoms with E-state index in [0.29, 0.717) is 30.9 Å².